The third-order valence-electron chi connectivity index (χ3n) is 5.91. The number of para-hydroxylation sites is 2. The van der Waals surface area contributed by atoms with Crippen LogP contribution in [-0.2, 0) is 17.9 Å². The number of alkyl halides is 3. The van der Waals surface area contributed by atoms with Gasteiger partial charge >= 0.3 is 6.18 Å². The number of rotatable bonds is 8. The highest BCUT2D eigenvalue weighted by atomic mass is 35.5. The van der Waals surface area contributed by atoms with Gasteiger partial charge in [-0.1, -0.05) is 30.2 Å². The Morgan fingerprint density at radius 3 is 2.54 bits per heavy atom. The van der Waals surface area contributed by atoms with Crippen LogP contribution in [0.2, 0.25) is 5.02 Å². The van der Waals surface area contributed by atoms with E-state index in [2.05, 4.69) is 28.1 Å². The number of carbonyl (C=O) groups is 1. The van der Waals surface area contributed by atoms with Crippen LogP contribution in [0.4, 0.5) is 13.2 Å². The summed E-state index contributed by atoms with van der Waals surface area (Å²) in [6, 6.07) is 15.9. The summed E-state index contributed by atoms with van der Waals surface area (Å²) < 4.78 is 39.9. The Morgan fingerprint density at radius 2 is 1.89 bits per heavy atom. The number of carboxylic acids is 1. The van der Waals surface area contributed by atoms with Gasteiger partial charge in [0, 0.05) is 17.5 Å². The molecule has 1 fully saturated rings. The van der Waals surface area contributed by atoms with Gasteiger partial charge in [-0.15, -0.1) is 0 Å². The quantitative estimate of drug-likeness (QED) is 0.467. The van der Waals surface area contributed by atoms with Crippen molar-refractivity contribution in [3.63, 3.8) is 0 Å². The molecule has 0 radical (unpaired) electrons. The van der Waals surface area contributed by atoms with Gasteiger partial charge in [-0.3, -0.25) is 0 Å². The van der Waals surface area contributed by atoms with Gasteiger partial charge < -0.3 is 24.5 Å². The Bertz CT molecular complexity index is 1080. The lowest BCUT2D eigenvalue weighted by atomic mass is 9.94. The van der Waals surface area contributed by atoms with Gasteiger partial charge in [-0.05, 0) is 62.1 Å². The number of unbranched alkanes of at least 4 members (excludes halogenated alkanes) is 1. The van der Waals surface area contributed by atoms with Gasteiger partial charge in [0.05, 0.1) is 24.1 Å². The monoisotopic (exact) mass is 511 g/mol. The molecule has 1 aromatic heterocycles. The SMILES string of the molecule is Clc1ccc(OCc2nc3ccccc3n2CCCCC2CCC[NH2+]C2)cc1.O=C([O-])C(F)(F)F. The lowest BCUT2D eigenvalue weighted by molar-refractivity contribution is -0.669. The standard InChI is InChI=1S/C23H28ClN3O.C2HF3O2/c24-19-10-12-20(13-11-19)28-17-23-26-21-8-1-2-9-22(21)27(23)15-4-3-6-18-7-5-14-25-16-18;3-2(4,5)1(6)7/h1-2,8-13,18,25H,3-7,14-17H2;(H,6,7). The van der Waals surface area contributed by atoms with Crippen LogP contribution in [0.1, 0.15) is 37.9 Å². The minimum Gasteiger partial charge on any atom is -0.542 e. The number of hydrogen-bond donors (Lipinski definition) is 1. The third-order valence-corrected chi connectivity index (χ3v) is 6.16. The van der Waals surface area contributed by atoms with Gasteiger partial charge in [-0.2, -0.15) is 13.2 Å². The number of quaternary nitrogens is 1. The van der Waals surface area contributed by atoms with Crippen molar-refractivity contribution in [3.05, 3.63) is 59.4 Å². The highest BCUT2D eigenvalue weighted by molar-refractivity contribution is 6.30. The first-order valence-electron chi connectivity index (χ1n) is 11.7. The molecule has 0 amide bonds. The number of aryl methyl sites for hydroxylation is 1. The number of nitrogens with zero attached hydrogens (tertiary/aromatic N) is 2. The molecule has 0 aliphatic carbocycles. The molecular formula is C25H29ClF3N3O3. The molecule has 10 heteroatoms. The smallest absolute Gasteiger partial charge is 0.430 e. The average Bonchev–Trinajstić information content (AvgIpc) is 3.19. The first-order valence-corrected chi connectivity index (χ1v) is 12.0. The maximum Gasteiger partial charge on any atom is 0.430 e. The van der Waals surface area contributed by atoms with Crippen molar-refractivity contribution in [1.82, 2.24) is 9.55 Å². The molecule has 190 valence electrons. The molecule has 4 rings (SSSR count). The number of carboxylic acid groups (broad SMARTS) is 1. The van der Waals surface area contributed by atoms with Crippen molar-refractivity contribution in [2.75, 3.05) is 13.1 Å². The van der Waals surface area contributed by atoms with Crippen LogP contribution in [0, 0.1) is 5.92 Å². The Morgan fingerprint density at radius 1 is 1.17 bits per heavy atom. The summed E-state index contributed by atoms with van der Waals surface area (Å²) in [5, 5.41) is 12.0. The number of imidazole rings is 1. The number of benzene rings is 2. The van der Waals surface area contributed by atoms with Crippen molar-refractivity contribution in [1.29, 1.82) is 0 Å². The summed E-state index contributed by atoms with van der Waals surface area (Å²) in [6.45, 7) is 4.09. The summed E-state index contributed by atoms with van der Waals surface area (Å²) in [7, 11) is 0. The number of carbonyl (C=O) groups excluding carboxylic acids is 1. The number of piperidine rings is 1. The Balaban J connectivity index is 0.000000429. The van der Waals surface area contributed by atoms with E-state index < -0.39 is 12.1 Å². The van der Waals surface area contributed by atoms with Gasteiger partial charge in [-0.25, -0.2) is 4.98 Å². The zero-order chi connectivity index (χ0) is 25.3. The van der Waals surface area contributed by atoms with E-state index >= 15 is 0 Å². The summed E-state index contributed by atoms with van der Waals surface area (Å²) in [6.07, 6.45) is 1.40. The molecule has 0 saturated carbocycles. The average molecular weight is 512 g/mol. The van der Waals surface area contributed by atoms with Crippen LogP contribution in [0.25, 0.3) is 11.0 Å². The first-order chi connectivity index (χ1) is 16.7. The third kappa shape index (κ3) is 8.43. The molecule has 2 N–H and O–H groups in total. The van der Waals surface area contributed by atoms with Crippen molar-refractivity contribution in [2.45, 2.75) is 51.4 Å². The second-order valence-electron chi connectivity index (χ2n) is 8.51. The summed E-state index contributed by atoms with van der Waals surface area (Å²) in [5.41, 5.74) is 2.24. The van der Waals surface area contributed by atoms with Gasteiger partial charge in [0.2, 0.25) is 0 Å². The van der Waals surface area contributed by atoms with Gasteiger partial charge in [0.25, 0.3) is 0 Å². The second kappa shape index (κ2) is 12.8. The predicted molar refractivity (Wildman–Crippen MR) is 125 cm³/mol. The fourth-order valence-corrected chi connectivity index (χ4v) is 4.28. The molecule has 1 unspecified atom stereocenters. The van der Waals surface area contributed by atoms with E-state index in [4.69, 9.17) is 31.2 Å². The molecule has 2 aromatic carbocycles. The molecule has 1 atom stereocenters. The maximum atomic E-state index is 10.5. The molecule has 0 bridgehead atoms. The Hall–Kier alpha value is -2.78. The fourth-order valence-electron chi connectivity index (χ4n) is 4.15. The molecule has 6 nitrogen and oxygen atoms in total. The summed E-state index contributed by atoms with van der Waals surface area (Å²) in [5.74, 6) is -0.299. The largest absolute Gasteiger partial charge is 0.542 e. The Kier molecular flexibility index (Phi) is 9.80. The number of ether oxygens (including phenoxy) is 1. The zero-order valence-electron chi connectivity index (χ0n) is 19.3. The van der Waals surface area contributed by atoms with E-state index in [1.165, 1.54) is 50.7 Å². The van der Waals surface area contributed by atoms with Crippen LogP contribution in [0.15, 0.2) is 48.5 Å². The number of hydrogen-bond acceptors (Lipinski definition) is 4. The highest BCUT2D eigenvalue weighted by Crippen LogP contribution is 2.21. The molecule has 3 aromatic rings. The van der Waals surface area contributed by atoms with Crippen LogP contribution < -0.4 is 15.2 Å². The van der Waals surface area contributed by atoms with E-state index in [0.29, 0.717) is 6.61 Å². The van der Waals surface area contributed by atoms with E-state index in [0.717, 1.165) is 34.6 Å². The van der Waals surface area contributed by atoms with Gasteiger partial charge in [0.15, 0.2) is 0 Å². The number of fused-ring (bicyclic) bond motifs is 1. The topological polar surface area (TPSA) is 83.8 Å². The van der Waals surface area contributed by atoms with Crippen LogP contribution in [-0.4, -0.2) is 34.8 Å². The van der Waals surface area contributed by atoms with Gasteiger partial charge in [0.1, 0.15) is 24.2 Å². The van der Waals surface area contributed by atoms with E-state index in [9.17, 15) is 13.2 Å². The first kappa shape index (κ1) is 26.8. The van der Waals surface area contributed by atoms with Crippen molar-refractivity contribution >= 4 is 28.6 Å². The zero-order valence-corrected chi connectivity index (χ0v) is 20.0. The molecule has 2 heterocycles. The molecule has 1 saturated heterocycles. The number of nitrogens with two attached hydrogens (primary N) is 1. The predicted octanol–water partition coefficient (Wildman–Crippen LogP) is 3.71. The minimum atomic E-state index is -5.19. The minimum absolute atomic E-state index is 0.466. The molecular weight excluding hydrogens is 483 g/mol. The van der Waals surface area contributed by atoms with Crippen LogP contribution in [0.3, 0.4) is 0 Å². The summed E-state index contributed by atoms with van der Waals surface area (Å²) in [4.78, 5) is 13.6. The fraction of sp³-hybridized carbons (Fsp3) is 0.440. The normalized spacial score (nSPS) is 15.9. The van der Waals surface area contributed by atoms with E-state index in [1.54, 1.807) is 0 Å². The Labute approximate surface area is 207 Å². The van der Waals surface area contributed by atoms with Crippen molar-refractivity contribution in [3.8, 4) is 5.75 Å². The lowest BCUT2D eigenvalue weighted by Gasteiger charge is -2.19. The molecule has 35 heavy (non-hydrogen) atoms. The number of aliphatic carboxylic acids is 1. The van der Waals surface area contributed by atoms with E-state index in [1.807, 2.05) is 30.3 Å². The second-order valence-corrected chi connectivity index (χ2v) is 8.95. The highest BCUT2D eigenvalue weighted by Gasteiger charge is 2.28. The van der Waals surface area contributed by atoms with Crippen molar-refractivity contribution < 1.29 is 33.1 Å². The maximum absolute atomic E-state index is 10.5. The number of halogens is 4. The molecule has 0 spiro atoms. The molecule has 1 aliphatic rings. The van der Waals surface area contributed by atoms with Crippen LogP contribution in [0.5, 0.6) is 5.75 Å². The van der Waals surface area contributed by atoms with Crippen molar-refractivity contribution in [2.24, 2.45) is 5.92 Å². The summed E-state index contributed by atoms with van der Waals surface area (Å²) >= 11 is 5.96. The number of aromatic nitrogens is 2. The van der Waals surface area contributed by atoms with E-state index in [-0.39, 0.29) is 0 Å². The molecule has 1 aliphatic heterocycles. The lowest BCUT2D eigenvalue weighted by Crippen LogP contribution is -2.87. The van der Waals surface area contributed by atoms with Crippen LogP contribution >= 0.6 is 11.6 Å².